The lowest BCUT2D eigenvalue weighted by atomic mass is 10.1. The van der Waals surface area contributed by atoms with Crippen molar-refractivity contribution in [3.63, 3.8) is 0 Å². The number of hydrogen-bond acceptors (Lipinski definition) is 3. The highest BCUT2D eigenvalue weighted by Gasteiger charge is 2.08. The molecule has 166 valence electrons. The summed E-state index contributed by atoms with van der Waals surface area (Å²) in [5, 5.41) is 11.9. The van der Waals surface area contributed by atoms with Crippen LogP contribution in [0.1, 0.15) is 94.3 Å². The number of aromatic hydroxyl groups is 1. The third-order valence-electron chi connectivity index (χ3n) is 4.99. The van der Waals surface area contributed by atoms with E-state index in [9.17, 15) is 14.7 Å². The molecule has 0 saturated carbocycles. The maximum absolute atomic E-state index is 12.0. The smallest absolute Gasteiger partial charge is 0.220 e. The second-order valence-electron chi connectivity index (χ2n) is 7.73. The predicted octanol–water partition coefficient (Wildman–Crippen LogP) is 6.50. The van der Waals surface area contributed by atoms with Crippen molar-refractivity contribution in [3.8, 4) is 5.75 Å². The Kier molecular flexibility index (Phi) is 15.0. The first-order valence-corrected chi connectivity index (χ1v) is 11.5. The van der Waals surface area contributed by atoms with Gasteiger partial charge in [0.15, 0.2) is 5.78 Å². The normalized spacial score (nSPS) is 11.4. The zero-order valence-electron chi connectivity index (χ0n) is 18.6. The third kappa shape index (κ3) is 13.8. The first kappa shape index (κ1) is 25.7. The molecular formula is C26H39NO3. The number of allylic oxidation sites excluding steroid dienone is 4. The van der Waals surface area contributed by atoms with Crippen LogP contribution in [0.3, 0.4) is 0 Å². The van der Waals surface area contributed by atoms with Gasteiger partial charge < -0.3 is 10.4 Å². The van der Waals surface area contributed by atoms with Gasteiger partial charge in [-0.25, -0.2) is 0 Å². The molecule has 2 N–H and O–H groups in total. The number of nitrogens with one attached hydrogen (secondary N) is 1. The summed E-state index contributed by atoms with van der Waals surface area (Å²) in [5.74, 6) is -0.104. The van der Waals surface area contributed by atoms with Gasteiger partial charge in [0.05, 0.1) is 6.54 Å². The van der Waals surface area contributed by atoms with E-state index in [0.29, 0.717) is 12.0 Å². The van der Waals surface area contributed by atoms with E-state index in [1.54, 1.807) is 12.1 Å². The Morgan fingerprint density at radius 3 is 2.10 bits per heavy atom. The minimum absolute atomic E-state index is 0.00384. The standard InChI is InChI=1S/C26H39NO3/c1-2-3-4-5-6-7-8-9-10-11-12-13-14-15-16-17-26(30)27-22-25(29)23-18-20-24(28)21-19-23/h6-7,9-10,18-21,28H,2-5,8,11-17,22H2,1H3,(H,27,30)/b7-6-,10-9-. The first-order valence-electron chi connectivity index (χ1n) is 11.5. The molecule has 0 fully saturated rings. The highest BCUT2D eigenvalue weighted by atomic mass is 16.3. The summed E-state index contributed by atoms with van der Waals surface area (Å²) in [6, 6.07) is 6.06. The summed E-state index contributed by atoms with van der Waals surface area (Å²) < 4.78 is 0. The Balaban J connectivity index is 1.93. The number of carbonyl (C=O) groups is 2. The topological polar surface area (TPSA) is 66.4 Å². The van der Waals surface area contributed by atoms with E-state index < -0.39 is 0 Å². The average molecular weight is 414 g/mol. The fourth-order valence-electron chi connectivity index (χ4n) is 3.11. The zero-order valence-corrected chi connectivity index (χ0v) is 18.6. The molecule has 0 aliphatic heterocycles. The third-order valence-corrected chi connectivity index (χ3v) is 4.99. The van der Waals surface area contributed by atoms with Gasteiger partial charge in [-0.1, -0.05) is 63.3 Å². The van der Waals surface area contributed by atoms with E-state index in [2.05, 4.69) is 36.5 Å². The molecule has 0 unspecified atom stereocenters. The SMILES string of the molecule is CCCCC/C=C\C/C=C\CCCCCCCC(=O)NCC(=O)c1ccc(O)cc1. The number of carbonyl (C=O) groups excluding carboxylic acids is 2. The molecule has 4 nitrogen and oxygen atoms in total. The van der Waals surface area contributed by atoms with Gasteiger partial charge in [0, 0.05) is 12.0 Å². The van der Waals surface area contributed by atoms with E-state index in [1.165, 1.54) is 50.7 Å². The number of hydrogen-bond donors (Lipinski definition) is 2. The Hall–Kier alpha value is -2.36. The van der Waals surface area contributed by atoms with Crippen molar-refractivity contribution in [3.05, 3.63) is 54.1 Å². The molecule has 0 saturated heterocycles. The highest BCUT2D eigenvalue weighted by molar-refractivity contribution is 5.99. The van der Waals surface area contributed by atoms with Crippen LogP contribution < -0.4 is 5.32 Å². The Morgan fingerprint density at radius 2 is 1.43 bits per heavy atom. The van der Waals surface area contributed by atoms with Gasteiger partial charge in [-0.2, -0.15) is 0 Å². The predicted molar refractivity (Wildman–Crippen MR) is 125 cm³/mol. The molecule has 0 bridgehead atoms. The largest absolute Gasteiger partial charge is 0.508 e. The maximum Gasteiger partial charge on any atom is 0.220 e. The van der Waals surface area contributed by atoms with Gasteiger partial charge in [0.2, 0.25) is 5.91 Å². The van der Waals surface area contributed by atoms with Crippen LogP contribution >= 0.6 is 0 Å². The van der Waals surface area contributed by atoms with Crippen LogP contribution in [-0.2, 0) is 4.79 Å². The van der Waals surface area contributed by atoms with Crippen LogP contribution in [0.25, 0.3) is 0 Å². The van der Waals surface area contributed by atoms with E-state index in [1.807, 2.05) is 0 Å². The van der Waals surface area contributed by atoms with Crippen molar-refractivity contribution in [2.24, 2.45) is 0 Å². The zero-order chi connectivity index (χ0) is 21.9. The van der Waals surface area contributed by atoms with Crippen LogP contribution in [-0.4, -0.2) is 23.3 Å². The molecular weight excluding hydrogens is 374 g/mol. The lowest BCUT2D eigenvalue weighted by Crippen LogP contribution is -2.29. The van der Waals surface area contributed by atoms with E-state index in [0.717, 1.165) is 32.1 Å². The molecule has 0 aliphatic carbocycles. The summed E-state index contributed by atoms with van der Waals surface area (Å²) in [7, 11) is 0. The maximum atomic E-state index is 12.0. The quantitative estimate of drug-likeness (QED) is 0.174. The summed E-state index contributed by atoms with van der Waals surface area (Å²) in [4.78, 5) is 23.8. The molecule has 0 spiro atoms. The Labute approximate surface area is 182 Å². The molecule has 0 aliphatic rings. The van der Waals surface area contributed by atoms with Crippen LogP contribution in [0, 0.1) is 0 Å². The van der Waals surface area contributed by atoms with Crippen LogP contribution in [0.4, 0.5) is 0 Å². The van der Waals surface area contributed by atoms with E-state index >= 15 is 0 Å². The number of unbranched alkanes of at least 4 members (excludes halogenated alkanes) is 8. The lowest BCUT2D eigenvalue weighted by Gasteiger charge is -2.05. The number of benzene rings is 1. The van der Waals surface area contributed by atoms with Gasteiger partial charge in [0.25, 0.3) is 0 Å². The highest BCUT2D eigenvalue weighted by Crippen LogP contribution is 2.10. The van der Waals surface area contributed by atoms with Crippen molar-refractivity contribution in [2.45, 2.75) is 84.0 Å². The molecule has 4 heteroatoms. The minimum Gasteiger partial charge on any atom is -0.508 e. The van der Waals surface area contributed by atoms with Crippen LogP contribution in [0.5, 0.6) is 5.75 Å². The van der Waals surface area contributed by atoms with Gasteiger partial charge in [0.1, 0.15) is 5.75 Å². The van der Waals surface area contributed by atoms with Crippen LogP contribution in [0.2, 0.25) is 0 Å². The van der Waals surface area contributed by atoms with Crippen molar-refractivity contribution in [1.29, 1.82) is 0 Å². The van der Waals surface area contributed by atoms with Gasteiger partial charge in [-0.3, -0.25) is 9.59 Å². The molecule has 0 radical (unpaired) electrons. The number of rotatable bonds is 17. The Morgan fingerprint density at radius 1 is 0.833 bits per heavy atom. The van der Waals surface area contributed by atoms with Gasteiger partial charge in [-0.15, -0.1) is 0 Å². The summed E-state index contributed by atoms with van der Waals surface area (Å²) in [6.07, 6.45) is 22.3. The molecule has 1 aromatic rings. The number of phenolic OH excluding ortho intramolecular Hbond substituents is 1. The summed E-state index contributed by atoms with van der Waals surface area (Å²) in [5.41, 5.74) is 0.491. The number of Topliss-reactive ketones (excluding diaryl/α,β-unsaturated/α-hetero) is 1. The lowest BCUT2D eigenvalue weighted by molar-refractivity contribution is -0.121. The average Bonchev–Trinajstić information content (AvgIpc) is 2.75. The number of phenols is 1. The first-order chi connectivity index (χ1) is 14.6. The van der Waals surface area contributed by atoms with Crippen LogP contribution in [0.15, 0.2) is 48.6 Å². The molecule has 1 aromatic carbocycles. The van der Waals surface area contributed by atoms with Gasteiger partial charge >= 0.3 is 0 Å². The van der Waals surface area contributed by atoms with Crippen molar-refractivity contribution >= 4 is 11.7 Å². The fourth-order valence-corrected chi connectivity index (χ4v) is 3.11. The van der Waals surface area contributed by atoms with E-state index in [-0.39, 0.29) is 24.0 Å². The second kappa shape index (κ2) is 17.5. The Bertz CT molecular complexity index is 647. The van der Waals surface area contributed by atoms with Crippen molar-refractivity contribution in [2.75, 3.05) is 6.54 Å². The molecule has 0 heterocycles. The minimum atomic E-state index is -0.150. The van der Waals surface area contributed by atoms with Gasteiger partial charge in [-0.05, 0) is 62.8 Å². The fraction of sp³-hybridized carbons (Fsp3) is 0.538. The van der Waals surface area contributed by atoms with Crippen molar-refractivity contribution in [1.82, 2.24) is 5.32 Å². The molecule has 1 amide bonds. The monoisotopic (exact) mass is 413 g/mol. The summed E-state index contributed by atoms with van der Waals surface area (Å²) in [6.45, 7) is 2.24. The summed E-state index contributed by atoms with van der Waals surface area (Å²) >= 11 is 0. The van der Waals surface area contributed by atoms with E-state index in [4.69, 9.17) is 0 Å². The number of amides is 1. The molecule has 30 heavy (non-hydrogen) atoms. The second-order valence-corrected chi connectivity index (χ2v) is 7.73. The molecule has 0 atom stereocenters. The van der Waals surface area contributed by atoms with Crippen molar-refractivity contribution < 1.29 is 14.7 Å². The molecule has 0 aromatic heterocycles. The number of ketones is 1. The molecule has 1 rings (SSSR count).